The summed E-state index contributed by atoms with van der Waals surface area (Å²) < 4.78 is 34.5. The summed E-state index contributed by atoms with van der Waals surface area (Å²) in [7, 11) is -3.84. The molecule has 2 heterocycles. The van der Waals surface area contributed by atoms with Crippen LogP contribution in [0.25, 0.3) is 0 Å². The van der Waals surface area contributed by atoms with Gasteiger partial charge >= 0.3 is 0 Å². The van der Waals surface area contributed by atoms with Gasteiger partial charge in [0.05, 0.1) is 33.8 Å². The van der Waals surface area contributed by atoms with Gasteiger partial charge in [0.1, 0.15) is 12.4 Å². The molecule has 0 saturated carbocycles. The molecule has 0 bridgehead atoms. The van der Waals surface area contributed by atoms with Crippen molar-refractivity contribution < 1.29 is 22.8 Å². The van der Waals surface area contributed by atoms with Gasteiger partial charge in [-0.1, -0.05) is 12.1 Å². The van der Waals surface area contributed by atoms with Crippen LogP contribution < -0.4 is 14.9 Å². The van der Waals surface area contributed by atoms with Crippen molar-refractivity contribution in [3.63, 3.8) is 0 Å². The first-order valence-electron chi connectivity index (χ1n) is 11.4. The topological polar surface area (TPSA) is 150 Å². The minimum atomic E-state index is -3.84. The summed E-state index contributed by atoms with van der Waals surface area (Å²) in [4.78, 5) is 14.9. The van der Waals surface area contributed by atoms with E-state index < -0.39 is 14.9 Å². The van der Waals surface area contributed by atoms with Gasteiger partial charge in [-0.15, -0.1) is 0 Å². The summed E-state index contributed by atoms with van der Waals surface area (Å²) in [6.45, 7) is 1.49. The number of hydrogen-bond acceptors (Lipinski definition) is 9. The average Bonchev–Trinajstić information content (AvgIpc) is 3.58. The fourth-order valence-corrected chi connectivity index (χ4v) is 4.66. The second kappa shape index (κ2) is 9.99. The summed E-state index contributed by atoms with van der Waals surface area (Å²) >= 11 is 0. The minimum absolute atomic E-state index is 0.00324. The van der Waals surface area contributed by atoms with E-state index in [0.29, 0.717) is 36.9 Å². The Bertz CT molecular complexity index is 1470. The van der Waals surface area contributed by atoms with Crippen LogP contribution >= 0.6 is 0 Å². The lowest BCUT2D eigenvalue weighted by molar-refractivity contribution is -0.384. The highest BCUT2D eigenvalue weighted by Gasteiger charge is 2.30. The Morgan fingerprint density at radius 2 is 1.76 bits per heavy atom. The number of primary sulfonamides is 1. The molecule has 5 rings (SSSR count). The molecule has 0 saturated heterocycles. The standard InChI is InChI=1S/C25H23N5O6S/c26-37(33,34)22-11-7-19(8-12-22)29-24(18-1-5-20(6-2-18)30(31)32)15-23(28-29)17-3-9-21(10-4-17)36-16-25-27-13-14-35-25/h1-12,24H,13-16H2,(H2,26,33,34). The SMILES string of the molecule is NS(=O)(=O)c1ccc(N2N=C(c3ccc(OCC4=NCCO4)cc3)CC2c2ccc([N+](=O)[O-])cc2)cc1. The van der Waals surface area contributed by atoms with Crippen LogP contribution in [-0.2, 0) is 14.8 Å². The van der Waals surface area contributed by atoms with Gasteiger partial charge in [-0.05, 0) is 59.7 Å². The maximum atomic E-state index is 11.7. The maximum absolute atomic E-state index is 11.7. The van der Waals surface area contributed by atoms with Crippen molar-refractivity contribution >= 4 is 33.0 Å². The lowest BCUT2D eigenvalue weighted by Crippen LogP contribution is -2.19. The van der Waals surface area contributed by atoms with E-state index in [1.54, 1.807) is 29.3 Å². The fourth-order valence-electron chi connectivity index (χ4n) is 4.14. The maximum Gasteiger partial charge on any atom is 0.269 e. The Hall–Kier alpha value is -4.29. The number of benzene rings is 3. The van der Waals surface area contributed by atoms with Crippen LogP contribution in [0.5, 0.6) is 5.75 Å². The highest BCUT2D eigenvalue weighted by atomic mass is 32.2. The largest absolute Gasteiger partial charge is 0.484 e. The normalized spacial score (nSPS) is 17.2. The second-order valence-corrected chi connectivity index (χ2v) is 10.00. The highest BCUT2D eigenvalue weighted by molar-refractivity contribution is 7.89. The number of nitrogens with two attached hydrogens (primary N) is 1. The first-order valence-corrected chi connectivity index (χ1v) is 13.0. The zero-order valence-electron chi connectivity index (χ0n) is 19.6. The van der Waals surface area contributed by atoms with Crippen molar-refractivity contribution in [2.75, 3.05) is 24.8 Å². The number of non-ortho nitro benzene ring substituents is 1. The van der Waals surface area contributed by atoms with Crippen molar-refractivity contribution in [1.82, 2.24) is 0 Å². The summed E-state index contributed by atoms with van der Waals surface area (Å²) in [5.41, 5.74) is 3.17. The highest BCUT2D eigenvalue weighted by Crippen LogP contribution is 2.37. The van der Waals surface area contributed by atoms with Gasteiger partial charge in [0.15, 0.2) is 6.61 Å². The predicted molar refractivity (Wildman–Crippen MR) is 137 cm³/mol. The number of hydrogen-bond donors (Lipinski definition) is 1. The molecular weight excluding hydrogens is 498 g/mol. The van der Waals surface area contributed by atoms with E-state index in [-0.39, 0.29) is 23.2 Å². The Morgan fingerprint density at radius 3 is 2.35 bits per heavy atom. The monoisotopic (exact) mass is 521 g/mol. The molecule has 2 N–H and O–H groups in total. The van der Waals surface area contributed by atoms with E-state index in [2.05, 4.69) is 4.99 Å². The second-order valence-electron chi connectivity index (χ2n) is 8.44. The number of anilines is 1. The first-order chi connectivity index (χ1) is 17.8. The minimum Gasteiger partial charge on any atom is -0.484 e. The molecule has 11 nitrogen and oxygen atoms in total. The summed E-state index contributed by atoms with van der Waals surface area (Å²) in [6, 6.07) is 19.7. The van der Waals surface area contributed by atoms with E-state index >= 15 is 0 Å². The third kappa shape index (κ3) is 5.44. The van der Waals surface area contributed by atoms with Crippen molar-refractivity contribution in [2.24, 2.45) is 15.2 Å². The third-order valence-corrected chi connectivity index (χ3v) is 6.96. The molecule has 0 radical (unpaired) electrons. The summed E-state index contributed by atoms with van der Waals surface area (Å²) in [6.07, 6.45) is 0.527. The van der Waals surface area contributed by atoms with Crippen LogP contribution in [0.4, 0.5) is 11.4 Å². The van der Waals surface area contributed by atoms with Crippen LogP contribution in [-0.4, -0.2) is 44.7 Å². The Labute approximate surface area is 213 Å². The molecule has 3 aromatic rings. The lowest BCUT2D eigenvalue weighted by atomic mass is 9.98. The average molecular weight is 522 g/mol. The molecule has 0 fully saturated rings. The molecule has 0 aromatic heterocycles. The molecule has 0 aliphatic carbocycles. The van der Waals surface area contributed by atoms with Crippen molar-refractivity contribution in [3.8, 4) is 5.75 Å². The van der Waals surface area contributed by atoms with E-state index in [1.165, 1.54) is 24.3 Å². The van der Waals surface area contributed by atoms with E-state index in [9.17, 15) is 18.5 Å². The fraction of sp³-hybridized carbons (Fsp3) is 0.200. The molecule has 12 heteroatoms. The third-order valence-electron chi connectivity index (χ3n) is 6.03. The van der Waals surface area contributed by atoms with Gasteiger partial charge in [0.2, 0.25) is 15.9 Å². The molecule has 0 amide bonds. The van der Waals surface area contributed by atoms with Crippen LogP contribution in [0.15, 0.2) is 87.8 Å². The number of aliphatic imine (C=N–C) groups is 1. The van der Waals surface area contributed by atoms with Gasteiger partial charge in [-0.2, -0.15) is 5.10 Å². The number of rotatable bonds is 8. The molecule has 0 spiro atoms. The number of nitrogens with zero attached hydrogens (tertiary/aromatic N) is 4. The van der Waals surface area contributed by atoms with Gasteiger partial charge in [-0.25, -0.2) is 18.5 Å². The Balaban J connectivity index is 1.42. The van der Waals surface area contributed by atoms with Crippen molar-refractivity contribution in [1.29, 1.82) is 0 Å². The van der Waals surface area contributed by atoms with Gasteiger partial charge in [-0.3, -0.25) is 15.1 Å². The van der Waals surface area contributed by atoms with Crippen molar-refractivity contribution in [2.45, 2.75) is 17.4 Å². The quantitative estimate of drug-likeness (QED) is 0.352. The smallest absolute Gasteiger partial charge is 0.269 e. The van der Waals surface area contributed by atoms with Crippen LogP contribution in [0.2, 0.25) is 0 Å². The zero-order chi connectivity index (χ0) is 26.0. The van der Waals surface area contributed by atoms with Crippen LogP contribution in [0.1, 0.15) is 23.6 Å². The predicted octanol–water partition coefficient (Wildman–Crippen LogP) is 3.41. The molecule has 190 valence electrons. The van der Waals surface area contributed by atoms with E-state index in [0.717, 1.165) is 16.8 Å². The van der Waals surface area contributed by atoms with Gasteiger partial charge in [0, 0.05) is 18.6 Å². The molecule has 3 aromatic carbocycles. The Kier molecular flexibility index (Phi) is 6.59. The number of ether oxygens (including phenoxy) is 2. The first kappa shape index (κ1) is 24.4. The summed E-state index contributed by atoms with van der Waals surface area (Å²) in [5.74, 6) is 1.25. The van der Waals surface area contributed by atoms with Gasteiger partial charge in [0.25, 0.3) is 5.69 Å². The molecule has 2 aliphatic heterocycles. The van der Waals surface area contributed by atoms with Crippen molar-refractivity contribution in [3.05, 3.63) is 94.0 Å². The van der Waals surface area contributed by atoms with E-state index in [4.69, 9.17) is 19.7 Å². The van der Waals surface area contributed by atoms with Gasteiger partial charge < -0.3 is 9.47 Å². The molecule has 1 unspecified atom stereocenters. The molecule has 37 heavy (non-hydrogen) atoms. The number of sulfonamides is 1. The van der Waals surface area contributed by atoms with Crippen LogP contribution in [0, 0.1) is 10.1 Å². The Morgan fingerprint density at radius 1 is 1.05 bits per heavy atom. The lowest BCUT2D eigenvalue weighted by Gasteiger charge is -2.24. The molecule has 1 atom stereocenters. The van der Waals surface area contributed by atoms with E-state index in [1.807, 2.05) is 24.3 Å². The number of nitro groups is 1. The molecular formula is C25H23N5O6S. The summed E-state index contributed by atoms with van der Waals surface area (Å²) in [5, 5.41) is 23.0. The number of nitro benzene ring substituents is 1. The zero-order valence-corrected chi connectivity index (χ0v) is 20.4. The number of hydrazone groups is 1. The van der Waals surface area contributed by atoms with Crippen LogP contribution in [0.3, 0.4) is 0 Å². The molecule has 2 aliphatic rings.